The lowest BCUT2D eigenvalue weighted by Gasteiger charge is -2.39. The maximum absolute atomic E-state index is 13.0. The summed E-state index contributed by atoms with van der Waals surface area (Å²) in [5.74, 6) is 0. The second-order valence-electron chi connectivity index (χ2n) is 8.31. The van der Waals surface area contributed by atoms with E-state index in [0.717, 1.165) is 38.8 Å². The zero-order valence-electron chi connectivity index (χ0n) is 16.9. The summed E-state index contributed by atoms with van der Waals surface area (Å²) in [4.78, 5) is 2.86. The zero-order valence-corrected chi connectivity index (χ0v) is 18.5. The highest BCUT2D eigenvalue weighted by Crippen LogP contribution is 2.27. The molecule has 9 heteroatoms. The van der Waals surface area contributed by atoms with Crippen molar-refractivity contribution in [2.45, 2.75) is 60.8 Å². The highest BCUT2D eigenvalue weighted by atomic mass is 32.2. The predicted octanol–water partition coefficient (Wildman–Crippen LogP) is 2.11. The van der Waals surface area contributed by atoms with E-state index in [2.05, 4.69) is 4.90 Å². The second-order valence-corrected chi connectivity index (χ2v) is 12.2. The lowest BCUT2D eigenvalue weighted by Crippen LogP contribution is -2.48. The zero-order chi connectivity index (χ0) is 20.5. The first-order valence-electron chi connectivity index (χ1n) is 10.7. The number of hydrogen-bond donors (Lipinski definition) is 0. The normalized spacial score (nSPS) is 24.1. The second kappa shape index (κ2) is 8.63. The molecule has 0 N–H and O–H groups in total. The predicted molar refractivity (Wildman–Crippen MR) is 112 cm³/mol. The van der Waals surface area contributed by atoms with Gasteiger partial charge in [0.05, 0.1) is 9.79 Å². The van der Waals surface area contributed by atoms with Crippen LogP contribution in [0.2, 0.25) is 0 Å². The van der Waals surface area contributed by atoms with Gasteiger partial charge in [-0.25, -0.2) is 16.8 Å². The van der Waals surface area contributed by atoms with Crippen molar-refractivity contribution in [1.29, 1.82) is 0 Å². The lowest BCUT2D eigenvalue weighted by atomic mass is 10.0. The van der Waals surface area contributed by atoms with Gasteiger partial charge < -0.3 is 4.90 Å². The third kappa shape index (κ3) is 4.39. The molecule has 0 amide bonds. The highest BCUT2D eigenvalue weighted by molar-refractivity contribution is 7.89. The van der Waals surface area contributed by atoms with Gasteiger partial charge in [0.2, 0.25) is 20.0 Å². The Labute approximate surface area is 174 Å². The van der Waals surface area contributed by atoms with Crippen LogP contribution in [-0.2, 0) is 20.0 Å². The molecule has 3 fully saturated rings. The summed E-state index contributed by atoms with van der Waals surface area (Å²) >= 11 is 0. The minimum absolute atomic E-state index is 0.169. The van der Waals surface area contributed by atoms with Crippen molar-refractivity contribution in [3.05, 3.63) is 24.3 Å². The number of rotatable bonds is 5. The van der Waals surface area contributed by atoms with E-state index in [1.807, 2.05) is 0 Å². The van der Waals surface area contributed by atoms with Crippen molar-refractivity contribution in [3.63, 3.8) is 0 Å². The van der Waals surface area contributed by atoms with Gasteiger partial charge in [0.1, 0.15) is 0 Å². The van der Waals surface area contributed by atoms with Crippen LogP contribution in [0.25, 0.3) is 0 Å². The van der Waals surface area contributed by atoms with E-state index < -0.39 is 20.0 Å². The topological polar surface area (TPSA) is 78.0 Å². The average Bonchev–Trinajstić information content (AvgIpc) is 3.30. The van der Waals surface area contributed by atoms with Crippen LogP contribution in [0.3, 0.4) is 0 Å². The Morgan fingerprint density at radius 2 is 1.00 bits per heavy atom. The van der Waals surface area contributed by atoms with Gasteiger partial charge >= 0.3 is 0 Å². The third-order valence-corrected chi connectivity index (χ3v) is 10.3. The lowest BCUT2D eigenvalue weighted by molar-refractivity contribution is 0.118. The summed E-state index contributed by atoms with van der Waals surface area (Å²) in [7, 11) is -7.12. The van der Waals surface area contributed by atoms with Crippen molar-refractivity contribution >= 4 is 20.0 Å². The van der Waals surface area contributed by atoms with Gasteiger partial charge in [-0.3, -0.25) is 0 Å². The molecule has 0 saturated carbocycles. The first-order valence-corrected chi connectivity index (χ1v) is 13.6. The van der Waals surface area contributed by atoms with Crippen LogP contribution in [0.1, 0.15) is 44.9 Å². The van der Waals surface area contributed by atoms with E-state index in [9.17, 15) is 16.8 Å². The third-order valence-electron chi connectivity index (χ3n) is 6.49. The molecule has 1 aromatic carbocycles. The van der Waals surface area contributed by atoms with E-state index in [-0.39, 0.29) is 9.79 Å². The SMILES string of the molecule is O=S(=O)(c1ccc(S(=O)(=O)N2CCC(N3CCCCC3)CC2)cc1)N1CCCC1. The fourth-order valence-corrected chi connectivity index (χ4v) is 7.73. The van der Waals surface area contributed by atoms with E-state index in [0.29, 0.717) is 32.2 Å². The maximum atomic E-state index is 13.0. The minimum atomic E-state index is -3.59. The van der Waals surface area contributed by atoms with Crippen LogP contribution in [0.5, 0.6) is 0 Å². The molecule has 0 aliphatic carbocycles. The Hall–Kier alpha value is -1.00. The van der Waals surface area contributed by atoms with Crippen LogP contribution in [0.15, 0.2) is 34.1 Å². The van der Waals surface area contributed by atoms with Crippen molar-refractivity contribution in [2.24, 2.45) is 0 Å². The number of benzene rings is 1. The number of sulfonamides is 2. The van der Waals surface area contributed by atoms with Crippen LogP contribution in [-0.4, -0.2) is 75.7 Å². The average molecular weight is 442 g/mol. The van der Waals surface area contributed by atoms with Gasteiger partial charge in [0.15, 0.2) is 0 Å². The molecule has 3 saturated heterocycles. The molecule has 0 spiro atoms. The minimum Gasteiger partial charge on any atom is -0.300 e. The first kappa shape index (κ1) is 21.2. The van der Waals surface area contributed by atoms with E-state index >= 15 is 0 Å². The highest BCUT2D eigenvalue weighted by Gasteiger charge is 2.33. The molecule has 0 atom stereocenters. The fraction of sp³-hybridized carbons (Fsp3) is 0.700. The standard InChI is InChI=1S/C20H31N3O4S2/c24-28(25,22-14-4-5-15-22)19-6-8-20(9-7-19)29(26,27)23-16-10-18(11-17-23)21-12-2-1-3-13-21/h6-9,18H,1-5,10-17H2. The summed E-state index contributed by atoms with van der Waals surface area (Å²) in [6, 6.07) is 6.22. The smallest absolute Gasteiger partial charge is 0.243 e. The van der Waals surface area contributed by atoms with Crippen LogP contribution >= 0.6 is 0 Å². The Balaban J connectivity index is 1.42. The molecule has 3 aliphatic heterocycles. The van der Waals surface area contributed by atoms with Crippen molar-refractivity contribution < 1.29 is 16.8 Å². The van der Waals surface area contributed by atoms with Gasteiger partial charge in [-0.2, -0.15) is 8.61 Å². The number of likely N-dealkylation sites (tertiary alicyclic amines) is 1. The maximum Gasteiger partial charge on any atom is 0.243 e. The molecule has 0 bridgehead atoms. The monoisotopic (exact) mass is 441 g/mol. The fourth-order valence-electron chi connectivity index (χ4n) is 4.74. The van der Waals surface area contributed by atoms with Gasteiger partial charge in [-0.15, -0.1) is 0 Å². The molecular formula is C20H31N3O4S2. The van der Waals surface area contributed by atoms with Gasteiger partial charge in [0, 0.05) is 32.2 Å². The molecule has 29 heavy (non-hydrogen) atoms. The molecule has 3 aliphatic rings. The molecule has 7 nitrogen and oxygen atoms in total. The van der Waals surface area contributed by atoms with E-state index in [1.54, 1.807) is 4.31 Å². The van der Waals surface area contributed by atoms with Gasteiger partial charge in [-0.1, -0.05) is 6.42 Å². The van der Waals surface area contributed by atoms with E-state index in [4.69, 9.17) is 0 Å². The Kier molecular flexibility index (Phi) is 6.32. The molecule has 0 radical (unpaired) electrons. The molecule has 4 rings (SSSR count). The van der Waals surface area contributed by atoms with Gasteiger partial charge in [0.25, 0.3) is 0 Å². The van der Waals surface area contributed by atoms with Crippen molar-refractivity contribution in [3.8, 4) is 0 Å². The first-order chi connectivity index (χ1) is 13.9. The quantitative estimate of drug-likeness (QED) is 0.699. The van der Waals surface area contributed by atoms with E-state index in [1.165, 1.54) is 47.8 Å². The Morgan fingerprint density at radius 1 is 0.586 bits per heavy atom. The molecule has 0 aromatic heterocycles. The molecule has 162 valence electrons. The molecule has 0 unspecified atom stereocenters. The Bertz CT molecular complexity index is 896. The summed E-state index contributed by atoms with van der Waals surface area (Å²) in [6.45, 7) is 4.38. The molecule has 1 aromatic rings. The summed E-state index contributed by atoms with van der Waals surface area (Å²) < 4.78 is 54.4. The van der Waals surface area contributed by atoms with Crippen LogP contribution in [0.4, 0.5) is 0 Å². The molecular weight excluding hydrogens is 410 g/mol. The van der Waals surface area contributed by atoms with Crippen molar-refractivity contribution in [1.82, 2.24) is 13.5 Å². The summed E-state index contributed by atoms with van der Waals surface area (Å²) in [5.41, 5.74) is 0. The molecule has 3 heterocycles. The number of piperidine rings is 2. The van der Waals surface area contributed by atoms with Gasteiger partial charge in [-0.05, 0) is 75.9 Å². The Morgan fingerprint density at radius 3 is 1.48 bits per heavy atom. The van der Waals surface area contributed by atoms with Crippen LogP contribution < -0.4 is 0 Å². The summed E-state index contributed by atoms with van der Waals surface area (Å²) in [6.07, 6.45) is 7.25. The van der Waals surface area contributed by atoms with Crippen LogP contribution in [0, 0.1) is 0 Å². The van der Waals surface area contributed by atoms with Crippen molar-refractivity contribution in [2.75, 3.05) is 39.3 Å². The largest absolute Gasteiger partial charge is 0.300 e. The number of hydrogen-bond acceptors (Lipinski definition) is 5. The number of nitrogens with zero attached hydrogens (tertiary/aromatic N) is 3. The summed E-state index contributed by atoms with van der Waals surface area (Å²) in [5, 5.41) is 0.